The average Bonchev–Trinajstić information content (AvgIpc) is 2.82. The standard InChI is InChI=1S/C15H26N2O3/c1-10(12-4-3-5-16-7-12)6-14(18)17-8-11(2)13(9-17)15(19)20/h10-13,16H,3-9H2,1-2H3,(H,19,20)/t10?,11-,12?,13-/m1/s1. The minimum atomic E-state index is -0.780. The van der Waals surface area contributed by atoms with Crippen LogP contribution in [0.1, 0.15) is 33.1 Å². The summed E-state index contributed by atoms with van der Waals surface area (Å²) in [6, 6.07) is 0. The number of hydrogen-bond donors (Lipinski definition) is 2. The van der Waals surface area contributed by atoms with Gasteiger partial charge < -0.3 is 15.3 Å². The summed E-state index contributed by atoms with van der Waals surface area (Å²) >= 11 is 0. The van der Waals surface area contributed by atoms with Gasteiger partial charge in [-0.15, -0.1) is 0 Å². The highest BCUT2D eigenvalue weighted by Gasteiger charge is 2.37. The third-order valence-corrected chi connectivity index (χ3v) is 4.92. The summed E-state index contributed by atoms with van der Waals surface area (Å²) in [7, 11) is 0. The molecule has 0 aromatic rings. The van der Waals surface area contributed by atoms with Gasteiger partial charge in [0.25, 0.3) is 0 Å². The second-order valence-corrected chi connectivity index (χ2v) is 6.51. The van der Waals surface area contributed by atoms with Crippen molar-refractivity contribution >= 4 is 11.9 Å². The van der Waals surface area contributed by atoms with Crippen LogP contribution in [-0.4, -0.2) is 48.1 Å². The van der Waals surface area contributed by atoms with Crippen LogP contribution < -0.4 is 5.32 Å². The van der Waals surface area contributed by atoms with E-state index in [1.807, 2.05) is 6.92 Å². The Hall–Kier alpha value is -1.10. The summed E-state index contributed by atoms with van der Waals surface area (Å²) in [6.07, 6.45) is 2.92. The Morgan fingerprint density at radius 2 is 2.15 bits per heavy atom. The quantitative estimate of drug-likeness (QED) is 0.812. The zero-order valence-corrected chi connectivity index (χ0v) is 12.5. The number of likely N-dealkylation sites (tertiary alicyclic amines) is 1. The predicted molar refractivity (Wildman–Crippen MR) is 76.2 cm³/mol. The molecule has 0 radical (unpaired) electrons. The molecule has 2 saturated heterocycles. The van der Waals surface area contributed by atoms with Gasteiger partial charge in [0.15, 0.2) is 0 Å². The van der Waals surface area contributed by atoms with Gasteiger partial charge in [0.1, 0.15) is 0 Å². The molecule has 1 amide bonds. The molecule has 5 heteroatoms. The van der Waals surface area contributed by atoms with Gasteiger partial charge in [-0.1, -0.05) is 13.8 Å². The van der Waals surface area contributed by atoms with Crippen LogP contribution in [0.2, 0.25) is 0 Å². The normalized spacial score (nSPS) is 32.1. The minimum absolute atomic E-state index is 0.0584. The molecule has 0 bridgehead atoms. The zero-order chi connectivity index (χ0) is 14.7. The van der Waals surface area contributed by atoms with Crippen LogP contribution in [0.5, 0.6) is 0 Å². The molecule has 2 aliphatic heterocycles. The monoisotopic (exact) mass is 282 g/mol. The van der Waals surface area contributed by atoms with Crippen molar-refractivity contribution in [2.24, 2.45) is 23.7 Å². The van der Waals surface area contributed by atoms with Crippen LogP contribution in [0.25, 0.3) is 0 Å². The zero-order valence-electron chi connectivity index (χ0n) is 12.5. The molecule has 114 valence electrons. The van der Waals surface area contributed by atoms with Crippen molar-refractivity contribution in [3.63, 3.8) is 0 Å². The maximum Gasteiger partial charge on any atom is 0.308 e. The molecule has 5 nitrogen and oxygen atoms in total. The second kappa shape index (κ2) is 6.57. The lowest BCUT2D eigenvalue weighted by molar-refractivity contribution is -0.142. The fraction of sp³-hybridized carbons (Fsp3) is 0.867. The van der Waals surface area contributed by atoms with E-state index in [0.717, 1.165) is 13.1 Å². The Balaban J connectivity index is 1.84. The van der Waals surface area contributed by atoms with E-state index in [-0.39, 0.29) is 11.8 Å². The average molecular weight is 282 g/mol. The first kappa shape index (κ1) is 15.3. The van der Waals surface area contributed by atoms with Gasteiger partial charge >= 0.3 is 5.97 Å². The highest BCUT2D eigenvalue weighted by atomic mass is 16.4. The number of carboxylic acid groups (broad SMARTS) is 1. The van der Waals surface area contributed by atoms with Crippen molar-refractivity contribution in [1.82, 2.24) is 10.2 Å². The SMILES string of the molecule is CC(CC(=O)N1C[C@@H](C)[C@H](C(=O)O)C1)C1CCCNC1. The number of rotatable bonds is 4. The smallest absolute Gasteiger partial charge is 0.308 e. The van der Waals surface area contributed by atoms with E-state index in [1.165, 1.54) is 12.8 Å². The van der Waals surface area contributed by atoms with Gasteiger partial charge in [0.2, 0.25) is 5.91 Å². The van der Waals surface area contributed by atoms with Crippen LogP contribution >= 0.6 is 0 Å². The lowest BCUT2D eigenvalue weighted by Crippen LogP contribution is -2.36. The summed E-state index contributed by atoms with van der Waals surface area (Å²) in [5.74, 6) is -0.0535. The molecule has 0 aliphatic carbocycles. The third kappa shape index (κ3) is 3.51. The molecule has 2 heterocycles. The van der Waals surface area contributed by atoms with E-state index in [4.69, 9.17) is 5.11 Å². The van der Waals surface area contributed by atoms with Crippen LogP contribution in [0.15, 0.2) is 0 Å². The van der Waals surface area contributed by atoms with E-state index >= 15 is 0 Å². The fourth-order valence-corrected chi connectivity index (χ4v) is 3.43. The van der Waals surface area contributed by atoms with Crippen molar-refractivity contribution < 1.29 is 14.7 Å². The Morgan fingerprint density at radius 1 is 1.40 bits per heavy atom. The molecule has 0 spiro atoms. The van der Waals surface area contributed by atoms with Gasteiger partial charge in [-0.05, 0) is 43.7 Å². The van der Waals surface area contributed by atoms with Crippen LogP contribution in [-0.2, 0) is 9.59 Å². The van der Waals surface area contributed by atoms with E-state index in [0.29, 0.717) is 31.3 Å². The molecule has 2 fully saturated rings. The largest absolute Gasteiger partial charge is 0.481 e. The maximum atomic E-state index is 12.3. The van der Waals surface area contributed by atoms with Crippen molar-refractivity contribution in [3.05, 3.63) is 0 Å². The molecule has 0 aromatic heterocycles. The number of carboxylic acids is 1. The van der Waals surface area contributed by atoms with Gasteiger partial charge in [0, 0.05) is 19.5 Å². The van der Waals surface area contributed by atoms with Crippen LogP contribution in [0.3, 0.4) is 0 Å². The van der Waals surface area contributed by atoms with E-state index in [9.17, 15) is 9.59 Å². The van der Waals surface area contributed by atoms with E-state index < -0.39 is 11.9 Å². The molecule has 0 aromatic carbocycles. The lowest BCUT2D eigenvalue weighted by Gasteiger charge is -2.29. The Labute approximate surface area is 120 Å². The molecule has 0 saturated carbocycles. The molecule has 2 rings (SSSR count). The van der Waals surface area contributed by atoms with Crippen LogP contribution in [0, 0.1) is 23.7 Å². The van der Waals surface area contributed by atoms with Gasteiger partial charge in [-0.3, -0.25) is 9.59 Å². The number of carbonyl (C=O) groups is 2. The topological polar surface area (TPSA) is 69.6 Å². The van der Waals surface area contributed by atoms with Crippen molar-refractivity contribution in [3.8, 4) is 0 Å². The van der Waals surface area contributed by atoms with Gasteiger partial charge in [-0.25, -0.2) is 0 Å². The third-order valence-electron chi connectivity index (χ3n) is 4.92. The number of amides is 1. The van der Waals surface area contributed by atoms with E-state index in [2.05, 4.69) is 12.2 Å². The van der Waals surface area contributed by atoms with E-state index in [1.54, 1.807) is 4.90 Å². The molecule has 2 unspecified atom stereocenters. The first-order chi connectivity index (χ1) is 9.49. The minimum Gasteiger partial charge on any atom is -0.481 e. The summed E-state index contributed by atoms with van der Waals surface area (Å²) < 4.78 is 0. The number of carbonyl (C=O) groups excluding carboxylic acids is 1. The number of hydrogen-bond acceptors (Lipinski definition) is 3. The summed E-state index contributed by atoms with van der Waals surface area (Å²) in [5, 5.41) is 12.5. The molecular weight excluding hydrogens is 256 g/mol. The van der Waals surface area contributed by atoms with Gasteiger partial charge in [0.05, 0.1) is 5.92 Å². The van der Waals surface area contributed by atoms with Crippen molar-refractivity contribution in [1.29, 1.82) is 0 Å². The summed E-state index contributed by atoms with van der Waals surface area (Å²) in [6.45, 7) is 7.12. The fourth-order valence-electron chi connectivity index (χ4n) is 3.43. The number of nitrogens with zero attached hydrogens (tertiary/aromatic N) is 1. The molecule has 20 heavy (non-hydrogen) atoms. The van der Waals surface area contributed by atoms with Crippen molar-refractivity contribution in [2.45, 2.75) is 33.1 Å². The number of piperidine rings is 1. The highest BCUT2D eigenvalue weighted by Crippen LogP contribution is 2.27. The highest BCUT2D eigenvalue weighted by molar-refractivity contribution is 5.79. The van der Waals surface area contributed by atoms with Crippen LogP contribution in [0.4, 0.5) is 0 Å². The number of aliphatic carboxylic acids is 1. The second-order valence-electron chi connectivity index (χ2n) is 6.51. The maximum absolute atomic E-state index is 12.3. The Bertz CT molecular complexity index is 366. The predicted octanol–water partition coefficient (Wildman–Crippen LogP) is 1.19. The Morgan fingerprint density at radius 3 is 2.70 bits per heavy atom. The molecule has 2 aliphatic rings. The first-order valence-corrected chi connectivity index (χ1v) is 7.70. The van der Waals surface area contributed by atoms with Crippen molar-refractivity contribution in [2.75, 3.05) is 26.2 Å². The first-order valence-electron chi connectivity index (χ1n) is 7.70. The molecule has 4 atom stereocenters. The molecular formula is C15H26N2O3. The molecule has 2 N–H and O–H groups in total. The van der Waals surface area contributed by atoms with Gasteiger partial charge in [-0.2, -0.15) is 0 Å². The number of nitrogens with one attached hydrogen (secondary N) is 1. The Kier molecular flexibility index (Phi) is 5.02. The summed E-state index contributed by atoms with van der Waals surface area (Å²) in [4.78, 5) is 25.2. The lowest BCUT2D eigenvalue weighted by atomic mass is 9.85. The summed E-state index contributed by atoms with van der Waals surface area (Å²) in [5.41, 5.74) is 0.